The molecule has 5 nitrogen and oxygen atoms in total. The van der Waals surface area contributed by atoms with Gasteiger partial charge in [-0.2, -0.15) is 0 Å². The van der Waals surface area contributed by atoms with Crippen LogP contribution < -0.4 is 4.74 Å². The zero-order valence-electron chi connectivity index (χ0n) is 13.8. The van der Waals surface area contributed by atoms with E-state index < -0.39 is 10.0 Å². The number of aryl methyl sites for hydroxylation is 2. The van der Waals surface area contributed by atoms with Crippen molar-refractivity contribution in [1.82, 2.24) is 4.31 Å². The van der Waals surface area contributed by atoms with E-state index in [1.165, 1.54) is 4.31 Å². The topological polar surface area (TPSA) is 55.8 Å². The molecular formula is C16H25NO4S. The van der Waals surface area contributed by atoms with Crippen LogP contribution in [0, 0.1) is 19.8 Å². The van der Waals surface area contributed by atoms with Gasteiger partial charge in [-0.1, -0.05) is 0 Å². The highest BCUT2D eigenvalue weighted by molar-refractivity contribution is 7.89. The number of sulfonamides is 1. The smallest absolute Gasteiger partial charge is 0.243 e. The van der Waals surface area contributed by atoms with Gasteiger partial charge in [0.1, 0.15) is 5.75 Å². The van der Waals surface area contributed by atoms with Gasteiger partial charge in [0.2, 0.25) is 10.0 Å². The molecule has 1 heterocycles. The van der Waals surface area contributed by atoms with E-state index in [1.807, 2.05) is 13.8 Å². The second-order valence-corrected chi connectivity index (χ2v) is 7.91. The van der Waals surface area contributed by atoms with Crippen LogP contribution in [0.15, 0.2) is 17.0 Å². The predicted molar refractivity (Wildman–Crippen MR) is 85.8 cm³/mol. The highest BCUT2D eigenvalue weighted by atomic mass is 32.2. The molecule has 1 aromatic rings. The highest BCUT2D eigenvalue weighted by Crippen LogP contribution is 2.28. The van der Waals surface area contributed by atoms with Crippen molar-refractivity contribution in [1.29, 1.82) is 0 Å². The molecule has 0 bridgehead atoms. The molecule has 1 aliphatic rings. The normalized spacial score (nSPS) is 17.0. The summed E-state index contributed by atoms with van der Waals surface area (Å²) in [6.45, 7) is 5.60. The van der Waals surface area contributed by atoms with E-state index in [9.17, 15) is 8.42 Å². The van der Waals surface area contributed by atoms with Crippen molar-refractivity contribution in [3.63, 3.8) is 0 Å². The summed E-state index contributed by atoms with van der Waals surface area (Å²) in [5, 5.41) is 0. The Kier molecular flexibility index (Phi) is 5.47. The molecule has 0 amide bonds. The first-order chi connectivity index (χ1) is 10.4. The van der Waals surface area contributed by atoms with Crippen molar-refractivity contribution in [2.45, 2.75) is 31.6 Å². The van der Waals surface area contributed by atoms with Crippen LogP contribution in [0.2, 0.25) is 0 Å². The van der Waals surface area contributed by atoms with Gasteiger partial charge in [0, 0.05) is 26.8 Å². The Hall–Kier alpha value is -1.11. The quantitative estimate of drug-likeness (QED) is 0.833. The van der Waals surface area contributed by atoms with Crippen LogP contribution in [0.5, 0.6) is 5.75 Å². The molecule has 0 aliphatic carbocycles. The fourth-order valence-electron chi connectivity index (χ4n) is 2.98. The van der Waals surface area contributed by atoms with E-state index in [1.54, 1.807) is 26.3 Å². The lowest BCUT2D eigenvalue weighted by molar-refractivity contribution is 0.0620. The summed E-state index contributed by atoms with van der Waals surface area (Å²) in [6, 6.07) is 3.53. The second-order valence-electron chi connectivity index (χ2n) is 5.93. The van der Waals surface area contributed by atoms with E-state index in [0.717, 1.165) is 37.2 Å². The van der Waals surface area contributed by atoms with E-state index in [0.29, 0.717) is 23.1 Å². The lowest BCUT2D eigenvalue weighted by atomic mass is 10.0. The number of ether oxygens (including phenoxy) is 2. The van der Waals surface area contributed by atoms with Crippen LogP contribution in [-0.4, -0.2) is 46.6 Å². The monoisotopic (exact) mass is 327 g/mol. The van der Waals surface area contributed by atoms with Gasteiger partial charge >= 0.3 is 0 Å². The predicted octanol–water partition coefficient (Wildman–Crippen LogP) is 2.36. The molecule has 1 aliphatic heterocycles. The summed E-state index contributed by atoms with van der Waals surface area (Å²) in [6.07, 6.45) is 1.83. The molecule has 0 spiro atoms. The number of hydrogen-bond acceptors (Lipinski definition) is 4. The SMILES string of the molecule is COc1cc(C)c(S(=O)(=O)N(C)CC2CCOCC2)c(C)c1. The number of methoxy groups -OCH3 is 1. The lowest BCUT2D eigenvalue weighted by Crippen LogP contribution is -2.34. The molecule has 0 aromatic heterocycles. The minimum atomic E-state index is -3.49. The third-order valence-corrected chi connectivity index (χ3v) is 6.32. The van der Waals surface area contributed by atoms with E-state index in [4.69, 9.17) is 9.47 Å². The summed E-state index contributed by atoms with van der Waals surface area (Å²) in [4.78, 5) is 0.392. The van der Waals surface area contributed by atoms with Crippen molar-refractivity contribution in [3.8, 4) is 5.75 Å². The van der Waals surface area contributed by atoms with Crippen molar-refractivity contribution in [2.75, 3.05) is 33.9 Å². The van der Waals surface area contributed by atoms with Gasteiger partial charge < -0.3 is 9.47 Å². The number of nitrogens with zero attached hydrogens (tertiary/aromatic N) is 1. The van der Waals surface area contributed by atoms with Gasteiger partial charge in [-0.3, -0.25) is 0 Å². The molecule has 1 aromatic carbocycles. The van der Waals surface area contributed by atoms with Crippen LogP contribution in [0.4, 0.5) is 0 Å². The first kappa shape index (κ1) is 17.2. The Morgan fingerprint density at radius 2 is 1.77 bits per heavy atom. The van der Waals surface area contributed by atoms with E-state index >= 15 is 0 Å². The Bertz CT molecular complexity index is 598. The number of hydrogen-bond donors (Lipinski definition) is 0. The van der Waals surface area contributed by atoms with Crippen LogP contribution >= 0.6 is 0 Å². The maximum Gasteiger partial charge on any atom is 0.243 e. The van der Waals surface area contributed by atoms with Crippen LogP contribution in [0.25, 0.3) is 0 Å². The maximum absolute atomic E-state index is 12.9. The molecule has 1 fully saturated rings. The second kappa shape index (κ2) is 6.98. The van der Waals surface area contributed by atoms with Crippen LogP contribution in [0.3, 0.4) is 0 Å². The Balaban J connectivity index is 2.25. The fourth-order valence-corrected chi connectivity index (χ4v) is 4.63. The lowest BCUT2D eigenvalue weighted by Gasteiger charge is -2.27. The molecular weight excluding hydrogens is 302 g/mol. The molecule has 1 saturated heterocycles. The van der Waals surface area contributed by atoms with Gasteiger partial charge in [-0.05, 0) is 55.9 Å². The van der Waals surface area contributed by atoms with Gasteiger partial charge in [0.15, 0.2) is 0 Å². The average Bonchev–Trinajstić information content (AvgIpc) is 2.47. The Morgan fingerprint density at radius 1 is 1.23 bits per heavy atom. The first-order valence-corrected chi connectivity index (χ1v) is 8.99. The summed E-state index contributed by atoms with van der Waals surface area (Å²) in [5.74, 6) is 1.05. The number of rotatable bonds is 5. The van der Waals surface area contributed by atoms with Crippen LogP contribution in [-0.2, 0) is 14.8 Å². The summed E-state index contributed by atoms with van der Waals surface area (Å²) >= 11 is 0. The fraction of sp³-hybridized carbons (Fsp3) is 0.625. The summed E-state index contributed by atoms with van der Waals surface area (Å²) < 4.78 is 37.8. The molecule has 0 atom stereocenters. The van der Waals surface area contributed by atoms with Gasteiger partial charge in [-0.25, -0.2) is 12.7 Å². The summed E-state index contributed by atoms with van der Waals surface area (Å²) in [7, 11) is -0.244. The molecule has 0 radical (unpaired) electrons. The van der Waals surface area contributed by atoms with Gasteiger partial charge in [-0.15, -0.1) is 0 Å². The molecule has 6 heteroatoms. The van der Waals surface area contributed by atoms with Crippen molar-refractivity contribution in [2.24, 2.45) is 5.92 Å². The molecule has 0 unspecified atom stereocenters. The zero-order chi connectivity index (χ0) is 16.3. The molecule has 0 N–H and O–H groups in total. The van der Waals surface area contributed by atoms with Crippen molar-refractivity contribution in [3.05, 3.63) is 23.3 Å². The number of benzene rings is 1. The minimum Gasteiger partial charge on any atom is -0.497 e. The summed E-state index contributed by atoms with van der Waals surface area (Å²) in [5.41, 5.74) is 1.44. The standard InChI is InChI=1S/C16H25NO4S/c1-12-9-15(20-4)10-13(2)16(12)22(18,19)17(3)11-14-5-7-21-8-6-14/h9-10,14H,5-8,11H2,1-4H3. The van der Waals surface area contributed by atoms with Gasteiger partial charge in [0.05, 0.1) is 12.0 Å². The van der Waals surface area contributed by atoms with Gasteiger partial charge in [0.25, 0.3) is 0 Å². The Morgan fingerprint density at radius 3 is 2.27 bits per heavy atom. The zero-order valence-corrected chi connectivity index (χ0v) is 14.6. The van der Waals surface area contributed by atoms with E-state index in [2.05, 4.69) is 0 Å². The maximum atomic E-state index is 12.9. The van der Waals surface area contributed by atoms with E-state index in [-0.39, 0.29) is 0 Å². The third kappa shape index (κ3) is 3.62. The van der Waals surface area contributed by atoms with Crippen molar-refractivity contribution < 1.29 is 17.9 Å². The third-order valence-electron chi connectivity index (χ3n) is 4.19. The first-order valence-electron chi connectivity index (χ1n) is 7.55. The van der Waals surface area contributed by atoms with Crippen molar-refractivity contribution >= 4 is 10.0 Å². The molecule has 0 saturated carbocycles. The molecule has 124 valence electrons. The largest absolute Gasteiger partial charge is 0.497 e. The van der Waals surface area contributed by atoms with Crippen LogP contribution in [0.1, 0.15) is 24.0 Å². The Labute approximate surface area is 133 Å². The molecule has 22 heavy (non-hydrogen) atoms. The highest BCUT2D eigenvalue weighted by Gasteiger charge is 2.28. The minimum absolute atomic E-state index is 0.368. The molecule has 2 rings (SSSR count). The average molecular weight is 327 g/mol.